The quantitative estimate of drug-likeness (QED) is 0.866. The molecule has 0 radical (unpaired) electrons. The van der Waals surface area contributed by atoms with Crippen LogP contribution in [0.5, 0.6) is 0 Å². The van der Waals surface area contributed by atoms with Crippen LogP contribution in [0.1, 0.15) is 19.4 Å². The second-order valence-corrected chi connectivity index (χ2v) is 4.62. The first-order valence-corrected chi connectivity index (χ1v) is 5.97. The molecule has 0 saturated carbocycles. The molecule has 1 aromatic rings. The van der Waals surface area contributed by atoms with Crippen LogP contribution in [-0.4, -0.2) is 19.0 Å². The summed E-state index contributed by atoms with van der Waals surface area (Å²) in [5, 5.41) is 5.14. The minimum absolute atomic E-state index is 0.00955. The normalized spacial score (nSPS) is 11.7. The number of halogens is 3. The molecular formula is C13H17F3N2O. The van der Waals surface area contributed by atoms with Crippen LogP contribution < -0.4 is 10.6 Å². The van der Waals surface area contributed by atoms with E-state index in [4.69, 9.17) is 0 Å². The average molecular weight is 274 g/mol. The van der Waals surface area contributed by atoms with E-state index >= 15 is 0 Å². The van der Waals surface area contributed by atoms with Gasteiger partial charge in [0.2, 0.25) is 5.91 Å². The number of carbonyl (C=O) groups excluding carboxylic acids is 1. The van der Waals surface area contributed by atoms with Gasteiger partial charge in [-0.25, -0.2) is 0 Å². The van der Waals surface area contributed by atoms with Crippen LogP contribution in [0, 0.1) is 5.92 Å². The zero-order valence-electron chi connectivity index (χ0n) is 10.8. The summed E-state index contributed by atoms with van der Waals surface area (Å²) in [5.74, 6) is -0.118. The molecule has 6 heteroatoms. The summed E-state index contributed by atoms with van der Waals surface area (Å²) in [4.78, 5) is 11.5. The third-order valence-electron chi connectivity index (χ3n) is 2.34. The standard InChI is InChI=1S/C13H17F3N2O/c1-9(2)7-17-8-12(19)18-11-6-4-3-5-10(11)13(14,15)16/h3-6,9,17H,7-8H2,1-2H3,(H,18,19). The number of para-hydroxylation sites is 1. The number of hydrogen-bond acceptors (Lipinski definition) is 2. The van der Waals surface area contributed by atoms with E-state index in [1.165, 1.54) is 18.2 Å². The van der Waals surface area contributed by atoms with Gasteiger partial charge in [0.1, 0.15) is 0 Å². The highest BCUT2D eigenvalue weighted by molar-refractivity contribution is 5.93. The Morgan fingerprint density at radius 1 is 1.26 bits per heavy atom. The van der Waals surface area contributed by atoms with Crippen molar-refractivity contribution < 1.29 is 18.0 Å². The molecule has 2 N–H and O–H groups in total. The van der Waals surface area contributed by atoms with Crippen LogP contribution in [-0.2, 0) is 11.0 Å². The van der Waals surface area contributed by atoms with Gasteiger partial charge in [-0.05, 0) is 24.6 Å². The Labute approximate surface area is 110 Å². The van der Waals surface area contributed by atoms with Crippen molar-refractivity contribution >= 4 is 11.6 Å². The Balaban J connectivity index is 2.64. The summed E-state index contributed by atoms with van der Waals surface area (Å²) in [5.41, 5.74) is -1.06. The highest BCUT2D eigenvalue weighted by Crippen LogP contribution is 2.34. The molecule has 3 nitrogen and oxygen atoms in total. The molecule has 0 unspecified atom stereocenters. The second-order valence-electron chi connectivity index (χ2n) is 4.62. The molecule has 1 aromatic carbocycles. The molecule has 0 atom stereocenters. The van der Waals surface area contributed by atoms with Gasteiger partial charge in [-0.15, -0.1) is 0 Å². The van der Waals surface area contributed by atoms with Crippen LogP contribution in [0.15, 0.2) is 24.3 Å². The van der Waals surface area contributed by atoms with Gasteiger partial charge in [0.05, 0.1) is 17.8 Å². The minimum Gasteiger partial charge on any atom is -0.324 e. The van der Waals surface area contributed by atoms with Crippen molar-refractivity contribution in [1.29, 1.82) is 0 Å². The zero-order chi connectivity index (χ0) is 14.5. The lowest BCUT2D eigenvalue weighted by Crippen LogP contribution is -2.31. The number of nitrogens with one attached hydrogen (secondary N) is 2. The molecule has 0 spiro atoms. The van der Waals surface area contributed by atoms with Gasteiger partial charge in [0, 0.05) is 0 Å². The fourth-order valence-electron chi connectivity index (χ4n) is 1.51. The van der Waals surface area contributed by atoms with E-state index in [1.807, 2.05) is 13.8 Å². The van der Waals surface area contributed by atoms with E-state index in [-0.39, 0.29) is 12.2 Å². The average Bonchev–Trinajstić information content (AvgIpc) is 2.27. The first kappa shape index (κ1) is 15.5. The maximum atomic E-state index is 12.7. The molecule has 0 bridgehead atoms. The highest BCUT2D eigenvalue weighted by atomic mass is 19.4. The molecule has 0 aliphatic carbocycles. The van der Waals surface area contributed by atoms with Gasteiger partial charge in [-0.3, -0.25) is 4.79 Å². The van der Waals surface area contributed by atoms with E-state index in [2.05, 4.69) is 10.6 Å². The third kappa shape index (κ3) is 5.30. The predicted octanol–water partition coefficient (Wildman–Crippen LogP) is 2.89. The SMILES string of the molecule is CC(C)CNCC(=O)Nc1ccccc1C(F)(F)F. The molecule has 0 aliphatic rings. The molecule has 106 valence electrons. The molecule has 0 saturated heterocycles. The van der Waals surface area contributed by atoms with Crippen LogP contribution in [0.3, 0.4) is 0 Å². The maximum Gasteiger partial charge on any atom is 0.418 e. The summed E-state index contributed by atoms with van der Waals surface area (Å²) >= 11 is 0. The molecule has 1 rings (SSSR count). The summed E-state index contributed by atoms with van der Waals surface area (Å²) in [7, 11) is 0. The van der Waals surface area contributed by atoms with Gasteiger partial charge >= 0.3 is 6.18 Å². The van der Waals surface area contributed by atoms with Crippen molar-refractivity contribution in [3.05, 3.63) is 29.8 Å². The first-order chi connectivity index (χ1) is 8.80. The van der Waals surface area contributed by atoms with Crippen LogP contribution in [0.2, 0.25) is 0 Å². The van der Waals surface area contributed by atoms with Crippen LogP contribution in [0.4, 0.5) is 18.9 Å². The highest BCUT2D eigenvalue weighted by Gasteiger charge is 2.33. The van der Waals surface area contributed by atoms with E-state index in [1.54, 1.807) is 0 Å². The lowest BCUT2D eigenvalue weighted by atomic mass is 10.1. The molecular weight excluding hydrogens is 257 g/mol. The largest absolute Gasteiger partial charge is 0.418 e. The summed E-state index contributed by atoms with van der Waals surface area (Å²) in [6, 6.07) is 4.92. The Bertz CT molecular complexity index is 430. The van der Waals surface area contributed by atoms with E-state index < -0.39 is 17.6 Å². The second kappa shape index (κ2) is 6.56. The Hall–Kier alpha value is -1.56. The Kier molecular flexibility index (Phi) is 5.35. The van der Waals surface area contributed by atoms with Gasteiger partial charge in [0.25, 0.3) is 0 Å². The predicted molar refractivity (Wildman–Crippen MR) is 67.8 cm³/mol. The van der Waals surface area contributed by atoms with Crippen molar-refractivity contribution in [2.75, 3.05) is 18.4 Å². The monoisotopic (exact) mass is 274 g/mol. The van der Waals surface area contributed by atoms with Gasteiger partial charge in [-0.2, -0.15) is 13.2 Å². The van der Waals surface area contributed by atoms with Crippen molar-refractivity contribution in [2.45, 2.75) is 20.0 Å². The lowest BCUT2D eigenvalue weighted by molar-refractivity contribution is -0.137. The van der Waals surface area contributed by atoms with E-state index in [0.29, 0.717) is 12.5 Å². The number of hydrogen-bond donors (Lipinski definition) is 2. The minimum atomic E-state index is -4.48. The fourth-order valence-corrected chi connectivity index (χ4v) is 1.51. The lowest BCUT2D eigenvalue weighted by Gasteiger charge is -2.14. The van der Waals surface area contributed by atoms with Crippen LogP contribution >= 0.6 is 0 Å². The molecule has 1 amide bonds. The van der Waals surface area contributed by atoms with E-state index in [0.717, 1.165) is 6.07 Å². The topological polar surface area (TPSA) is 41.1 Å². The number of anilines is 1. The molecule has 19 heavy (non-hydrogen) atoms. The van der Waals surface area contributed by atoms with Crippen molar-refractivity contribution in [2.24, 2.45) is 5.92 Å². The molecule has 0 aromatic heterocycles. The third-order valence-corrected chi connectivity index (χ3v) is 2.34. The van der Waals surface area contributed by atoms with Crippen molar-refractivity contribution in [3.8, 4) is 0 Å². The zero-order valence-corrected chi connectivity index (χ0v) is 10.8. The number of amides is 1. The Morgan fingerprint density at radius 2 is 1.89 bits per heavy atom. The van der Waals surface area contributed by atoms with Gasteiger partial charge < -0.3 is 10.6 Å². The number of carbonyl (C=O) groups is 1. The van der Waals surface area contributed by atoms with E-state index in [9.17, 15) is 18.0 Å². The summed E-state index contributed by atoms with van der Waals surface area (Å²) in [6.45, 7) is 4.58. The number of benzene rings is 1. The van der Waals surface area contributed by atoms with Crippen molar-refractivity contribution in [1.82, 2.24) is 5.32 Å². The van der Waals surface area contributed by atoms with Gasteiger partial charge in [0.15, 0.2) is 0 Å². The summed E-state index contributed by atoms with van der Waals surface area (Å²) < 4.78 is 38.1. The molecule has 0 aliphatic heterocycles. The fraction of sp³-hybridized carbons (Fsp3) is 0.462. The number of rotatable bonds is 5. The number of alkyl halides is 3. The maximum absolute atomic E-state index is 12.7. The first-order valence-electron chi connectivity index (χ1n) is 5.97. The summed E-state index contributed by atoms with van der Waals surface area (Å²) in [6.07, 6.45) is -4.48. The van der Waals surface area contributed by atoms with Crippen LogP contribution in [0.25, 0.3) is 0 Å². The molecule has 0 heterocycles. The molecule has 0 fully saturated rings. The van der Waals surface area contributed by atoms with Crippen molar-refractivity contribution in [3.63, 3.8) is 0 Å². The smallest absolute Gasteiger partial charge is 0.324 e. The van der Waals surface area contributed by atoms with Gasteiger partial charge in [-0.1, -0.05) is 26.0 Å². The Morgan fingerprint density at radius 3 is 2.47 bits per heavy atom.